The van der Waals surface area contributed by atoms with Gasteiger partial charge in [-0.2, -0.15) is 11.3 Å². The van der Waals surface area contributed by atoms with E-state index in [1.807, 2.05) is 22.9 Å². The Morgan fingerprint density at radius 1 is 1.24 bits per heavy atom. The number of pyridine rings is 1. The Morgan fingerprint density at radius 2 is 2.08 bits per heavy atom. The van der Waals surface area contributed by atoms with Crippen molar-refractivity contribution >= 4 is 21.4 Å². The molecule has 0 saturated carbocycles. The standard InChI is InChI=1S/C18H18N2O3S2/c1-13-5-6-16(23-2)10-17(13)25(21,22)20-11-14-4-3-8-19-18(14)15-7-9-24-12-15/h3-10,12,20H,11H2,1-2H3. The minimum atomic E-state index is -3.66. The summed E-state index contributed by atoms with van der Waals surface area (Å²) < 4.78 is 33.2. The summed E-state index contributed by atoms with van der Waals surface area (Å²) in [4.78, 5) is 4.61. The molecule has 2 aromatic heterocycles. The molecule has 5 nitrogen and oxygen atoms in total. The summed E-state index contributed by atoms with van der Waals surface area (Å²) in [7, 11) is -2.15. The van der Waals surface area contributed by atoms with Gasteiger partial charge in [0, 0.05) is 29.8 Å². The first kappa shape index (κ1) is 17.6. The number of thiophene rings is 1. The first-order chi connectivity index (χ1) is 12.0. The third-order valence-corrected chi connectivity index (χ3v) is 6.05. The molecule has 3 rings (SSSR count). The number of methoxy groups -OCH3 is 1. The van der Waals surface area contributed by atoms with Gasteiger partial charge < -0.3 is 4.74 Å². The van der Waals surface area contributed by atoms with Crippen molar-refractivity contribution < 1.29 is 13.2 Å². The topological polar surface area (TPSA) is 68.3 Å². The fraction of sp³-hybridized carbons (Fsp3) is 0.167. The SMILES string of the molecule is COc1ccc(C)c(S(=O)(=O)NCc2cccnc2-c2ccsc2)c1. The predicted molar refractivity (Wildman–Crippen MR) is 99.3 cm³/mol. The van der Waals surface area contributed by atoms with Crippen molar-refractivity contribution in [3.63, 3.8) is 0 Å². The summed E-state index contributed by atoms with van der Waals surface area (Å²) in [5, 5.41) is 3.96. The van der Waals surface area contributed by atoms with Crippen molar-refractivity contribution in [1.82, 2.24) is 9.71 Å². The van der Waals surface area contributed by atoms with Gasteiger partial charge in [-0.15, -0.1) is 0 Å². The maximum absolute atomic E-state index is 12.7. The molecule has 0 spiro atoms. The van der Waals surface area contributed by atoms with Crippen LogP contribution in [0, 0.1) is 6.92 Å². The summed E-state index contributed by atoms with van der Waals surface area (Å²) in [6, 6.07) is 10.6. The maximum Gasteiger partial charge on any atom is 0.241 e. The molecule has 0 bridgehead atoms. The summed E-state index contributed by atoms with van der Waals surface area (Å²) >= 11 is 1.58. The van der Waals surface area contributed by atoms with Crippen LogP contribution < -0.4 is 9.46 Å². The van der Waals surface area contributed by atoms with Crippen molar-refractivity contribution in [1.29, 1.82) is 0 Å². The van der Waals surface area contributed by atoms with E-state index in [0.29, 0.717) is 11.3 Å². The van der Waals surface area contributed by atoms with E-state index >= 15 is 0 Å². The number of aryl methyl sites for hydroxylation is 1. The molecule has 2 heterocycles. The number of sulfonamides is 1. The highest BCUT2D eigenvalue weighted by Crippen LogP contribution is 2.25. The molecular formula is C18H18N2O3S2. The second-order valence-corrected chi connectivity index (χ2v) is 7.99. The van der Waals surface area contributed by atoms with Crippen LogP contribution in [0.2, 0.25) is 0 Å². The minimum Gasteiger partial charge on any atom is -0.497 e. The van der Waals surface area contributed by atoms with Crippen LogP contribution in [0.5, 0.6) is 5.75 Å². The summed E-state index contributed by atoms with van der Waals surface area (Å²) in [6.45, 7) is 1.92. The lowest BCUT2D eigenvalue weighted by molar-refractivity contribution is 0.413. The van der Waals surface area contributed by atoms with Gasteiger partial charge in [0.25, 0.3) is 0 Å². The van der Waals surface area contributed by atoms with Gasteiger partial charge >= 0.3 is 0 Å². The molecule has 0 aliphatic heterocycles. The van der Waals surface area contributed by atoms with Gasteiger partial charge in [-0.3, -0.25) is 4.98 Å². The molecule has 7 heteroatoms. The third kappa shape index (κ3) is 3.89. The molecule has 0 saturated heterocycles. The van der Waals surface area contributed by atoms with Gasteiger partial charge in [-0.25, -0.2) is 13.1 Å². The largest absolute Gasteiger partial charge is 0.497 e. The van der Waals surface area contributed by atoms with Crippen molar-refractivity contribution in [2.24, 2.45) is 0 Å². The lowest BCUT2D eigenvalue weighted by Crippen LogP contribution is -2.24. The van der Waals surface area contributed by atoms with Crippen LogP contribution in [0.3, 0.4) is 0 Å². The van der Waals surface area contributed by atoms with Gasteiger partial charge in [0.05, 0.1) is 17.7 Å². The van der Waals surface area contributed by atoms with Crippen molar-refractivity contribution in [3.05, 3.63) is 64.5 Å². The van der Waals surface area contributed by atoms with E-state index in [4.69, 9.17) is 4.74 Å². The van der Waals surface area contributed by atoms with E-state index < -0.39 is 10.0 Å². The number of hydrogen-bond donors (Lipinski definition) is 1. The second-order valence-electron chi connectivity index (χ2n) is 5.48. The predicted octanol–water partition coefficient (Wildman–Crippen LogP) is 3.61. The number of nitrogens with one attached hydrogen (secondary N) is 1. The number of rotatable bonds is 6. The fourth-order valence-corrected chi connectivity index (χ4v) is 4.39. The van der Waals surface area contributed by atoms with Gasteiger partial charge in [0.2, 0.25) is 10.0 Å². The normalized spacial score (nSPS) is 11.4. The highest BCUT2D eigenvalue weighted by Gasteiger charge is 2.18. The molecule has 0 fully saturated rings. The monoisotopic (exact) mass is 374 g/mol. The molecule has 0 atom stereocenters. The van der Waals surface area contributed by atoms with E-state index in [1.165, 1.54) is 13.2 Å². The number of benzene rings is 1. The van der Waals surface area contributed by atoms with Crippen LogP contribution in [-0.4, -0.2) is 20.5 Å². The zero-order valence-corrected chi connectivity index (χ0v) is 15.5. The zero-order chi connectivity index (χ0) is 17.9. The van der Waals surface area contributed by atoms with E-state index in [1.54, 1.807) is 42.7 Å². The molecule has 1 aromatic carbocycles. The van der Waals surface area contributed by atoms with Gasteiger partial charge in [-0.05, 0) is 41.6 Å². The number of hydrogen-bond acceptors (Lipinski definition) is 5. The lowest BCUT2D eigenvalue weighted by atomic mass is 10.1. The maximum atomic E-state index is 12.7. The zero-order valence-electron chi connectivity index (χ0n) is 13.9. The van der Waals surface area contributed by atoms with Crippen LogP contribution in [0.15, 0.2) is 58.3 Å². The molecule has 1 N–H and O–H groups in total. The Bertz CT molecular complexity index is 968. The van der Waals surface area contributed by atoms with E-state index in [9.17, 15) is 8.42 Å². The lowest BCUT2D eigenvalue weighted by Gasteiger charge is -2.12. The van der Waals surface area contributed by atoms with E-state index in [0.717, 1.165) is 16.8 Å². The third-order valence-electron chi connectivity index (χ3n) is 3.82. The molecule has 0 aliphatic carbocycles. The Labute approximate surface area is 151 Å². The molecule has 130 valence electrons. The number of nitrogens with zero attached hydrogens (tertiary/aromatic N) is 1. The average Bonchev–Trinajstić information content (AvgIpc) is 3.15. The first-order valence-corrected chi connectivity index (χ1v) is 10.0. The molecule has 0 unspecified atom stereocenters. The smallest absolute Gasteiger partial charge is 0.241 e. The number of ether oxygens (including phenoxy) is 1. The van der Waals surface area contributed by atoms with Gasteiger partial charge in [0.1, 0.15) is 5.75 Å². The highest BCUT2D eigenvalue weighted by atomic mass is 32.2. The Hall–Kier alpha value is -2.22. The summed E-state index contributed by atoms with van der Waals surface area (Å²) in [5.74, 6) is 0.506. The van der Waals surface area contributed by atoms with Crippen molar-refractivity contribution in [2.45, 2.75) is 18.4 Å². The van der Waals surface area contributed by atoms with Crippen LogP contribution >= 0.6 is 11.3 Å². The molecule has 25 heavy (non-hydrogen) atoms. The van der Waals surface area contributed by atoms with Gasteiger partial charge in [-0.1, -0.05) is 12.1 Å². The van der Waals surface area contributed by atoms with Crippen LogP contribution in [-0.2, 0) is 16.6 Å². The fourth-order valence-electron chi connectivity index (χ4n) is 2.49. The van der Waals surface area contributed by atoms with Crippen molar-refractivity contribution in [3.8, 4) is 17.0 Å². The molecule has 0 aliphatic rings. The summed E-state index contributed by atoms with van der Waals surface area (Å²) in [5.41, 5.74) is 3.26. The van der Waals surface area contributed by atoms with Crippen molar-refractivity contribution in [2.75, 3.05) is 7.11 Å². The Balaban J connectivity index is 1.87. The molecule has 0 amide bonds. The van der Waals surface area contributed by atoms with Crippen LogP contribution in [0.4, 0.5) is 0 Å². The number of aromatic nitrogens is 1. The quantitative estimate of drug-likeness (QED) is 0.716. The Kier molecular flexibility index (Phi) is 5.17. The average molecular weight is 374 g/mol. The first-order valence-electron chi connectivity index (χ1n) is 7.62. The Morgan fingerprint density at radius 3 is 2.80 bits per heavy atom. The molecule has 0 radical (unpaired) electrons. The minimum absolute atomic E-state index is 0.165. The molecular weight excluding hydrogens is 356 g/mol. The van der Waals surface area contributed by atoms with Crippen LogP contribution in [0.1, 0.15) is 11.1 Å². The van der Waals surface area contributed by atoms with Gasteiger partial charge in [0.15, 0.2) is 0 Å². The second kappa shape index (κ2) is 7.35. The molecule has 3 aromatic rings. The summed E-state index contributed by atoms with van der Waals surface area (Å²) in [6.07, 6.45) is 1.71. The van der Waals surface area contributed by atoms with E-state index in [-0.39, 0.29) is 11.4 Å². The highest BCUT2D eigenvalue weighted by molar-refractivity contribution is 7.89. The van der Waals surface area contributed by atoms with E-state index in [2.05, 4.69) is 9.71 Å². The van der Waals surface area contributed by atoms with Crippen LogP contribution in [0.25, 0.3) is 11.3 Å².